The van der Waals surface area contributed by atoms with Crippen LogP contribution < -0.4 is 0 Å². The minimum absolute atomic E-state index is 0.115. The maximum absolute atomic E-state index is 13.4. The van der Waals surface area contributed by atoms with Crippen LogP contribution in [0.15, 0.2) is 77.9 Å². The van der Waals surface area contributed by atoms with E-state index in [0.29, 0.717) is 30.2 Å². The molecule has 1 aromatic carbocycles. The van der Waals surface area contributed by atoms with Crippen molar-refractivity contribution in [2.75, 3.05) is 6.54 Å². The normalized spacial score (nSPS) is 16.1. The van der Waals surface area contributed by atoms with Gasteiger partial charge in [0.05, 0.1) is 11.9 Å². The Morgan fingerprint density at radius 2 is 1.84 bits per heavy atom. The van der Waals surface area contributed by atoms with Crippen molar-refractivity contribution in [3.05, 3.63) is 96.4 Å². The zero-order valence-electron chi connectivity index (χ0n) is 17.6. The van der Waals surface area contributed by atoms with E-state index in [9.17, 15) is 4.79 Å². The van der Waals surface area contributed by atoms with Crippen molar-refractivity contribution in [2.45, 2.75) is 31.7 Å². The summed E-state index contributed by atoms with van der Waals surface area (Å²) < 4.78 is 6.09. The first kappa shape index (κ1) is 20.1. The molecule has 0 radical (unpaired) electrons. The second-order valence-electron chi connectivity index (χ2n) is 7.87. The van der Waals surface area contributed by atoms with Crippen LogP contribution in [0.3, 0.4) is 0 Å². The van der Waals surface area contributed by atoms with E-state index in [4.69, 9.17) is 4.42 Å². The van der Waals surface area contributed by atoms with Gasteiger partial charge in [-0.1, -0.05) is 36.4 Å². The molecular weight excluding hydrogens is 402 g/mol. The van der Waals surface area contributed by atoms with Crippen molar-refractivity contribution in [2.24, 2.45) is 0 Å². The van der Waals surface area contributed by atoms with Gasteiger partial charge in [-0.2, -0.15) is 0 Å². The molecule has 1 saturated heterocycles. The molecule has 3 aromatic heterocycles. The van der Waals surface area contributed by atoms with E-state index in [0.717, 1.165) is 36.1 Å². The predicted molar refractivity (Wildman–Crippen MR) is 119 cm³/mol. The number of likely N-dealkylation sites (tertiary alicyclic amines) is 1. The Hall–Kier alpha value is -3.87. The molecule has 160 valence electrons. The highest BCUT2D eigenvalue weighted by molar-refractivity contribution is 5.93. The number of piperidine rings is 1. The molecule has 7 heteroatoms. The van der Waals surface area contributed by atoms with Gasteiger partial charge in [0.2, 0.25) is 5.89 Å². The maximum Gasteiger partial charge on any atom is 0.273 e. The van der Waals surface area contributed by atoms with E-state index >= 15 is 0 Å². The lowest BCUT2D eigenvalue weighted by Gasteiger charge is -2.33. The standard InChI is InChI=1S/C25H23N5O2/c31-25(22-10-6-9-21(29-22)19-14-26-17-27-15-19)30-12-5-4-11-23(30)24-28-16-20(32-24)13-18-7-2-1-3-8-18/h1-3,6-10,14-17,23H,4-5,11-13H2/t23-/m0/s1. The molecule has 32 heavy (non-hydrogen) atoms. The Balaban J connectivity index is 1.38. The van der Waals surface area contributed by atoms with E-state index in [2.05, 4.69) is 32.1 Å². The zero-order valence-corrected chi connectivity index (χ0v) is 17.6. The molecule has 1 fully saturated rings. The number of oxazole rings is 1. The molecule has 0 bridgehead atoms. The Kier molecular flexibility index (Phi) is 5.70. The smallest absolute Gasteiger partial charge is 0.273 e. The molecule has 1 aliphatic heterocycles. The number of hydrogen-bond donors (Lipinski definition) is 0. The summed E-state index contributed by atoms with van der Waals surface area (Å²) in [5.41, 5.74) is 3.01. The first-order valence-electron chi connectivity index (χ1n) is 10.8. The highest BCUT2D eigenvalue weighted by Gasteiger charge is 2.32. The van der Waals surface area contributed by atoms with Crippen molar-refractivity contribution < 1.29 is 9.21 Å². The van der Waals surface area contributed by atoms with Crippen molar-refractivity contribution in [3.8, 4) is 11.3 Å². The van der Waals surface area contributed by atoms with Gasteiger partial charge in [0.25, 0.3) is 5.91 Å². The monoisotopic (exact) mass is 425 g/mol. The molecule has 4 heterocycles. The van der Waals surface area contributed by atoms with E-state index in [1.807, 2.05) is 35.2 Å². The Bertz CT molecular complexity index is 1190. The number of rotatable bonds is 5. The molecule has 1 aliphatic rings. The highest BCUT2D eigenvalue weighted by atomic mass is 16.4. The quantitative estimate of drug-likeness (QED) is 0.469. The minimum Gasteiger partial charge on any atom is -0.443 e. The molecule has 0 unspecified atom stereocenters. The number of amides is 1. The SMILES string of the molecule is O=C(c1cccc(-c2cncnc2)n1)N1CCCC[C@H]1c1ncc(Cc2ccccc2)o1. The summed E-state index contributed by atoms with van der Waals surface area (Å²) in [4.78, 5) is 32.5. The van der Waals surface area contributed by atoms with Crippen molar-refractivity contribution in [3.63, 3.8) is 0 Å². The van der Waals surface area contributed by atoms with Crippen LogP contribution >= 0.6 is 0 Å². The molecule has 4 aromatic rings. The Morgan fingerprint density at radius 3 is 2.69 bits per heavy atom. The van der Waals surface area contributed by atoms with Gasteiger partial charge in [0.15, 0.2) is 0 Å². The van der Waals surface area contributed by atoms with Gasteiger partial charge in [-0.3, -0.25) is 4.79 Å². The lowest BCUT2D eigenvalue weighted by atomic mass is 10.0. The van der Waals surface area contributed by atoms with Crippen molar-refractivity contribution in [1.82, 2.24) is 24.8 Å². The lowest BCUT2D eigenvalue weighted by Crippen LogP contribution is -2.39. The molecule has 7 nitrogen and oxygen atoms in total. The third-order valence-electron chi connectivity index (χ3n) is 5.67. The van der Waals surface area contributed by atoms with Crippen molar-refractivity contribution >= 4 is 5.91 Å². The van der Waals surface area contributed by atoms with Crippen LogP contribution in [0.2, 0.25) is 0 Å². The average molecular weight is 425 g/mol. The molecule has 1 atom stereocenters. The average Bonchev–Trinajstić information content (AvgIpc) is 3.33. The second-order valence-corrected chi connectivity index (χ2v) is 7.87. The Morgan fingerprint density at radius 1 is 1.00 bits per heavy atom. The van der Waals surface area contributed by atoms with E-state index in [1.165, 1.54) is 6.33 Å². The topological polar surface area (TPSA) is 85.0 Å². The van der Waals surface area contributed by atoms with Crippen LogP contribution in [0.25, 0.3) is 11.3 Å². The van der Waals surface area contributed by atoms with E-state index < -0.39 is 0 Å². The molecular formula is C25H23N5O2. The van der Waals surface area contributed by atoms with Crippen molar-refractivity contribution in [1.29, 1.82) is 0 Å². The number of nitrogens with zero attached hydrogens (tertiary/aromatic N) is 5. The van der Waals surface area contributed by atoms with Gasteiger partial charge in [0, 0.05) is 30.9 Å². The van der Waals surface area contributed by atoms with Crippen LogP contribution in [0, 0.1) is 0 Å². The summed E-state index contributed by atoms with van der Waals surface area (Å²) in [6.07, 6.45) is 10.1. The molecule has 0 N–H and O–H groups in total. The molecule has 0 spiro atoms. The van der Waals surface area contributed by atoms with Gasteiger partial charge < -0.3 is 9.32 Å². The number of carbonyl (C=O) groups excluding carboxylic acids is 1. The number of benzene rings is 1. The molecule has 1 amide bonds. The van der Waals surface area contributed by atoms with E-state index in [-0.39, 0.29) is 11.9 Å². The second kappa shape index (κ2) is 9.09. The van der Waals surface area contributed by atoms with Gasteiger partial charge in [0.1, 0.15) is 23.8 Å². The first-order valence-corrected chi connectivity index (χ1v) is 10.8. The third kappa shape index (κ3) is 4.27. The number of hydrogen-bond acceptors (Lipinski definition) is 6. The fraction of sp³-hybridized carbons (Fsp3) is 0.240. The lowest BCUT2D eigenvalue weighted by molar-refractivity contribution is 0.0564. The number of pyridine rings is 1. The fourth-order valence-corrected chi connectivity index (χ4v) is 4.08. The van der Waals surface area contributed by atoms with Crippen LogP contribution in [0.4, 0.5) is 0 Å². The Labute approximate surface area is 186 Å². The van der Waals surface area contributed by atoms with Gasteiger partial charge >= 0.3 is 0 Å². The number of aromatic nitrogens is 4. The summed E-state index contributed by atoms with van der Waals surface area (Å²) in [5.74, 6) is 1.28. The van der Waals surface area contributed by atoms with Gasteiger partial charge in [-0.05, 0) is 37.0 Å². The number of carbonyl (C=O) groups is 1. The van der Waals surface area contributed by atoms with Crippen LogP contribution in [-0.2, 0) is 6.42 Å². The maximum atomic E-state index is 13.4. The summed E-state index contributed by atoms with van der Waals surface area (Å²) in [5, 5.41) is 0. The van der Waals surface area contributed by atoms with Crippen LogP contribution in [0.1, 0.15) is 53.0 Å². The summed E-state index contributed by atoms with van der Waals surface area (Å²) >= 11 is 0. The fourth-order valence-electron chi connectivity index (χ4n) is 4.08. The third-order valence-corrected chi connectivity index (χ3v) is 5.67. The minimum atomic E-state index is -0.189. The highest BCUT2D eigenvalue weighted by Crippen LogP contribution is 2.32. The summed E-state index contributed by atoms with van der Waals surface area (Å²) in [6.45, 7) is 0.653. The first-order chi connectivity index (χ1) is 15.8. The predicted octanol–water partition coefficient (Wildman–Crippen LogP) is 4.48. The van der Waals surface area contributed by atoms with E-state index in [1.54, 1.807) is 24.7 Å². The largest absolute Gasteiger partial charge is 0.443 e. The summed E-state index contributed by atoms with van der Waals surface area (Å²) in [7, 11) is 0. The zero-order chi connectivity index (χ0) is 21.8. The van der Waals surface area contributed by atoms with Crippen LogP contribution in [-0.4, -0.2) is 37.3 Å². The summed E-state index contributed by atoms with van der Waals surface area (Å²) in [6, 6.07) is 15.4. The molecule has 5 rings (SSSR count). The van der Waals surface area contributed by atoms with Crippen LogP contribution in [0.5, 0.6) is 0 Å². The molecule has 0 aliphatic carbocycles. The van der Waals surface area contributed by atoms with Gasteiger partial charge in [-0.25, -0.2) is 19.9 Å². The van der Waals surface area contributed by atoms with Gasteiger partial charge in [-0.15, -0.1) is 0 Å². The molecule has 0 saturated carbocycles.